The summed E-state index contributed by atoms with van der Waals surface area (Å²) in [6.07, 6.45) is 4.68. The topological polar surface area (TPSA) is 50.4 Å². The SMILES string of the molecule is CC1CCCC1NCC(=O)NCC1Cc2ccccc2O1. The molecule has 2 aliphatic rings. The lowest BCUT2D eigenvalue weighted by Crippen LogP contribution is -2.43. The Morgan fingerprint density at radius 1 is 1.33 bits per heavy atom. The second-order valence-corrected chi connectivity index (χ2v) is 6.25. The average molecular weight is 288 g/mol. The minimum absolute atomic E-state index is 0.0636. The Hall–Kier alpha value is -1.55. The third-order valence-corrected chi connectivity index (χ3v) is 4.63. The maximum atomic E-state index is 11.9. The lowest BCUT2D eigenvalue weighted by atomic mass is 10.1. The van der Waals surface area contributed by atoms with Crippen LogP contribution in [0.25, 0.3) is 0 Å². The van der Waals surface area contributed by atoms with Gasteiger partial charge in [0.05, 0.1) is 13.1 Å². The summed E-state index contributed by atoms with van der Waals surface area (Å²) in [5.74, 6) is 1.70. The van der Waals surface area contributed by atoms with Gasteiger partial charge in [-0.1, -0.05) is 31.5 Å². The summed E-state index contributed by atoms with van der Waals surface area (Å²) in [4.78, 5) is 11.9. The number of carbonyl (C=O) groups is 1. The first kappa shape index (κ1) is 14.4. The molecule has 1 fully saturated rings. The fraction of sp³-hybridized carbons (Fsp3) is 0.588. The molecule has 3 unspecified atom stereocenters. The second-order valence-electron chi connectivity index (χ2n) is 6.25. The van der Waals surface area contributed by atoms with Crippen LogP contribution in [0.5, 0.6) is 5.75 Å². The zero-order chi connectivity index (χ0) is 14.7. The number of rotatable bonds is 5. The van der Waals surface area contributed by atoms with E-state index in [0.717, 1.165) is 12.2 Å². The summed E-state index contributed by atoms with van der Waals surface area (Å²) >= 11 is 0. The van der Waals surface area contributed by atoms with Crippen LogP contribution in [0.1, 0.15) is 31.7 Å². The molecule has 1 heterocycles. The number of fused-ring (bicyclic) bond motifs is 1. The lowest BCUT2D eigenvalue weighted by molar-refractivity contribution is -0.120. The molecule has 1 saturated carbocycles. The molecule has 1 aliphatic heterocycles. The predicted molar refractivity (Wildman–Crippen MR) is 82.4 cm³/mol. The summed E-state index contributed by atoms with van der Waals surface area (Å²) in [5, 5.41) is 6.34. The van der Waals surface area contributed by atoms with Crippen molar-refractivity contribution in [3.63, 3.8) is 0 Å². The second kappa shape index (κ2) is 6.48. The molecule has 4 heteroatoms. The normalized spacial score (nSPS) is 27.2. The smallest absolute Gasteiger partial charge is 0.234 e. The largest absolute Gasteiger partial charge is 0.488 e. The van der Waals surface area contributed by atoms with E-state index in [-0.39, 0.29) is 12.0 Å². The first-order valence-electron chi connectivity index (χ1n) is 7.97. The molecule has 4 nitrogen and oxygen atoms in total. The molecule has 0 radical (unpaired) electrons. The highest BCUT2D eigenvalue weighted by atomic mass is 16.5. The average Bonchev–Trinajstić information content (AvgIpc) is 3.08. The molecule has 0 aromatic heterocycles. The van der Waals surface area contributed by atoms with E-state index in [4.69, 9.17) is 4.74 Å². The van der Waals surface area contributed by atoms with Crippen molar-refractivity contribution < 1.29 is 9.53 Å². The Morgan fingerprint density at radius 2 is 2.19 bits per heavy atom. The van der Waals surface area contributed by atoms with Crippen LogP contribution in [0.3, 0.4) is 0 Å². The number of carbonyl (C=O) groups excluding carboxylic acids is 1. The van der Waals surface area contributed by atoms with Crippen LogP contribution in [0.2, 0.25) is 0 Å². The first-order valence-corrected chi connectivity index (χ1v) is 7.97. The van der Waals surface area contributed by atoms with Gasteiger partial charge in [-0.05, 0) is 30.4 Å². The molecular weight excluding hydrogens is 264 g/mol. The van der Waals surface area contributed by atoms with Crippen molar-refractivity contribution >= 4 is 5.91 Å². The van der Waals surface area contributed by atoms with Crippen molar-refractivity contribution in [2.24, 2.45) is 5.92 Å². The molecule has 1 amide bonds. The van der Waals surface area contributed by atoms with E-state index in [1.165, 1.54) is 24.8 Å². The fourth-order valence-electron chi connectivity index (χ4n) is 3.33. The standard InChI is InChI=1S/C17H24N2O2/c1-12-5-4-7-15(12)18-11-17(20)19-10-14-9-13-6-2-3-8-16(13)21-14/h2-3,6,8,12,14-15,18H,4-5,7,9-11H2,1H3,(H,19,20). The summed E-state index contributed by atoms with van der Waals surface area (Å²) in [6.45, 7) is 3.25. The molecule has 3 rings (SSSR count). The fourth-order valence-corrected chi connectivity index (χ4v) is 3.33. The minimum Gasteiger partial charge on any atom is -0.488 e. The number of benzene rings is 1. The van der Waals surface area contributed by atoms with Gasteiger partial charge in [0, 0.05) is 12.5 Å². The van der Waals surface area contributed by atoms with E-state index in [1.807, 2.05) is 18.2 Å². The molecule has 2 N–H and O–H groups in total. The third kappa shape index (κ3) is 3.56. The van der Waals surface area contributed by atoms with Crippen LogP contribution in [-0.2, 0) is 11.2 Å². The molecule has 1 aromatic carbocycles. The van der Waals surface area contributed by atoms with Gasteiger partial charge in [0.1, 0.15) is 11.9 Å². The maximum Gasteiger partial charge on any atom is 0.234 e. The van der Waals surface area contributed by atoms with Crippen molar-refractivity contribution in [3.8, 4) is 5.75 Å². The van der Waals surface area contributed by atoms with Crippen LogP contribution in [-0.4, -0.2) is 31.1 Å². The number of ether oxygens (including phenoxy) is 1. The van der Waals surface area contributed by atoms with E-state index >= 15 is 0 Å². The molecule has 0 bridgehead atoms. The highest BCUT2D eigenvalue weighted by Gasteiger charge is 2.24. The van der Waals surface area contributed by atoms with E-state index in [9.17, 15) is 4.79 Å². The highest BCUT2D eigenvalue weighted by molar-refractivity contribution is 5.78. The monoisotopic (exact) mass is 288 g/mol. The molecule has 114 valence electrons. The summed E-state index contributed by atoms with van der Waals surface area (Å²) in [5.41, 5.74) is 1.23. The van der Waals surface area contributed by atoms with E-state index in [2.05, 4.69) is 23.6 Å². The highest BCUT2D eigenvalue weighted by Crippen LogP contribution is 2.27. The molecule has 1 aromatic rings. The van der Waals surface area contributed by atoms with Crippen LogP contribution in [0.4, 0.5) is 0 Å². The number of hydrogen-bond acceptors (Lipinski definition) is 3. The first-order chi connectivity index (χ1) is 10.2. The molecule has 0 spiro atoms. The summed E-state index contributed by atoms with van der Waals surface area (Å²) < 4.78 is 5.82. The lowest BCUT2D eigenvalue weighted by Gasteiger charge is -2.17. The van der Waals surface area contributed by atoms with Gasteiger partial charge in [-0.2, -0.15) is 0 Å². The third-order valence-electron chi connectivity index (χ3n) is 4.63. The Bertz CT molecular complexity index is 478. The van der Waals surface area contributed by atoms with Gasteiger partial charge in [-0.25, -0.2) is 0 Å². The molecule has 21 heavy (non-hydrogen) atoms. The van der Waals surface area contributed by atoms with Gasteiger partial charge in [-0.15, -0.1) is 0 Å². The summed E-state index contributed by atoms with van der Waals surface area (Å²) in [7, 11) is 0. The van der Waals surface area contributed by atoms with Crippen molar-refractivity contribution in [1.29, 1.82) is 0 Å². The van der Waals surface area contributed by atoms with E-state index < -0.39 is 0 Å². The van der Waals surface area contributed by atoms with Gasteiger partial charge >= 0.3 is 0 Å². The minimum atomic E-state index is 0.0636. The Labute approximate surface area is 126 Å². The van der Waals surface area contributed by atoms with Gasteiger partial charge in [-0.3, -0.25) is 4.79 Å². The van der Waals surface area contributed by atoms with Gasteiger partial charge in [0.15, 0.2) is 0 Å². The molecule has 0 saturated heterocycles. The number of para-hydroxylation sites is 1. The van der Waals surface area contributed by atoms with E-state index in [1.54, 1.807) is 0 Å². The molecular formula is C17H24N2O2. The number of hydrogen-bond donors (Lipinski definition) is 2. The Balaban J connectivity index is 1.37. The predicted octanol–water partition coefficient (Wildman–Crippen LogP) is 1.88. The molecule has 1 aliphatic carbocycles. The Kier molecular flexibility index (Phi) is 4.44. The number of amides is 1. The van der Waals surface area contributed by atoms with Crippen LogP contribution in [0, 0.1) is 5.92 Å². The zero-order valence-electron chi connectivity index (χ0n) is 12.6. The van der Waals surface area contributed by atoms with Crippen molar-refractivity contribution in [2.75, 3.05) is 13.1 Å². The number of nitrogens with one attached hydrogen (secondary N) is 2. The van der Waals surface area contributed by atoms with Crippen LogP contribution in [0.15, 0.2) is 24.3 Å². The van der Waals surface area contributed by atoms with Gasteiger partial charge < -0.3 is 15.4 Å². The Morgan fingerprint density at radius 3 is 2.95 bits per heavy atom. The van der Waals surface area contributed by atoms with Crippen molar-refractivity contribution in [1.82, 2.24) is 10.6 Å². The van der Waals surface area contributed by atoms with Crippen molar-refractivity contribution in [2.45, 2.75) is 44.8 Å². The van der Waals surface area contributed by atoms with Gasteiger partial charge in [0.2, 0.25) is 5.91 Å². The quantitative estimate of drug-likeness (QED) is 0.870. The van der Waals surface area contributed by atoms with Crippen molar-refractivity contribution in [3.05, 3.63) is 29.8 Å². The zero-order valence-corrected chi connectivity index (χ0v) is 12.6. The van der Waals surface area contributed by atoms with Gasteiger partial charge in [0.25, 0.3) is 0 Å². The molecule has 3 atom stereocenters. The summed E-state index contributed by atoms with van der Waals surface area (Å²) in [6, 6.07) is 8.57. The van der Waals surface area contributed by atoms with Crippen LogP contribution >= 0.6 is 0 Å². The van der Waals surface area contributed by atoms with Crippen LogP contribution < -0.4 is 15.4 Å². The van der Waals surface area contributed by atoms with E-state index in [0.29, 0.717) is 25.0 Å². The maximum absolute atomic E-state index is 11.9.